The Balaban J connectivity index is 4.31. The molecular weight excluding hydrogens is 164 g/mol. The molecule has 0 aromatic carbocycles. The molecule has 0 aliphatic carbocycles. The number of aliphatic carboxylic acids is 1. The Hall–Kier alpha value is -1.05. The van der Waals surface area contributed by atoms with Crippen molar-refractivity contribution < 1.29 is 9.90 Å². The molecule has 0 aromatic rings. The summed E-state index contributed by atoms with van der Waals surface area (Å²) in [5, 5.41) is 10.8. The fourth-order valence-corrected chi connectivity index (χ4v) is 1.22. The molecule has 74 valence electrons. The Labute approximate surface area is 80.0 Å². The topological polar surface area (TPSA) is 40.1 Å². The number of hydrogen-bond acceptors (Lipinski definition) is 2. The average Bonchev–Trinajstić information content (AvgIpc) is 2.13. The zero-order chi connectivity index (χ0) is 10.3. The molecule has 0 aromatic heterocycles. The van der Waals surface area contributed by atoms with Crippen molar-refractivity contribution in [2.24, 2.45) is 5.41 Å². The van der Waals surface area contributed by atoms with Crippen LogP contribution in [0.2, 0.25) is 0 Å². The molecule has 0 bridgehead atoms. The molecule has 0 atom stereocenters. The van der Waals surface area contributed by atoms with Crippen LogP contribution in [0.4, 0.5) is 0 Å². The molecule has 0 N–H and O–H groups in total. The van der Waals surface area contributed by atoms with Crippen molar-refractivity contribution in [2.75, 3.05) is 0 Å². The van der Waals surface area contributed by atoms with Gasteiger partial charge in [-0.2, -0.15) is 0 Å². The highest BCUT2D eigenvalue weighted by Gasteiger charge is 2.23. The van der Waals surface area contributed by atoms with E-state index in [1.165, 1.54) is 12.2 Å². The highest BCUT2D eigenvalue weighted by molar-refractivity contribution is 5.77. The van der Waals surface area contributed by atoms with Gasteiger partial charge in [-0.25, -0.2) is 0 Å². The summed E-state index contributed by atoms with van der Waals surface area (Å²) in [4.78, 5) is 10.8. The molecule has 0 fully saturated rings. The van der Waals surface area contributed by atoms with Crippen LogP contribution in [0.1, 0.15) is 32.6 Å². The zero-order valence-electron chi connectivity index (χ0n) is 8.21. The van der Waals surface area contributed by atoms with Crippen molar-refractivity contribution >= 4 is 5.97 Å². The molecule has 0 radical (unpaired) electrons. The minimum absolute atomic E-state index is 0.538. The quantitative estimate of drug-likeness (QED) is 0.443. The first-order valence-electron chi connectivity index (χ1n) is 4.61. The molecule has 0 unspecified atom stereocenters. The fraction of sp³-hybridized carbons (Fsp3) is 0.545. The number of unbranched alkanes of at least 4 members (excludes halogenated alkanes) is 2. The van der Waals surface area contributed by atoms with Crippen LogP contribution in [0, 0.1) is 5.41 Å². The highest BCUT2D eigenvalue weighted by Crippen LogP contribution is 2.27. The Bertz CT molecular complexity index is 186. The van der Waals surface area contributed by atoms with Crippen molar-refractivity contribution in [2.45, 2.75) is 32.6 Å². The third-order valence-corrected chi connectivity index (χ3v) is 2.30. The summed E-state index contributed by atoms with van der Waals surface area (Å²) in [6.45, 7) is 9.10. The summed E-state index contributed by atoms with van der Waals surface area (Å²) in [6, 6.07) is 0. The first kappa shape index (κ1) is 11.9. The number of carbonyl (C=O) groups is 1. The van der Waals surface area contributed by atoms with E-state index in [2.05, 4.69) is 20.1 Å². The van der Waals surface area contributed by atoms with E-state index in [1.807, 2.05) is 0 Å². The maximum atomic E-state index is 10.8. The molecule has 2 nitrogen and oxygen atoms in total. The van der Waals surface area contributed by atoms with Gasteiger partial charge in [-0.3, -0.25) is 0 Å². The predicted molar refractivity (Wildman–Crippen MR) is 52.0 cm³/mol. The van der Waals surface area contributed by atoms with E-state index < -0.39 is 11.4 Å². The monoisotopic (exact) mass is 181 g/mol. The predicted octanol–water partition coefficient (Wildman–Crippen LogP) is 1.67. The van der Waals surface area contributed by atoms with E-state index in [1.54, 1.807) is 0 Å². The van der Waals surface area contributed by atoms with Crippen LogP contribution in [0.15, 0.2) is 25.3 Å². The molecule has 0 aliphatic heterocycles. The van der Waals surface area contributed by atoms with Gasteiger partial charge < -0.3 is 9.90 Å². The molecule has 0 saturated heterocycles. The van der Waals surface area contributed by atoms with Gasteiger partial charge >= 0.3 is 0 Å². The standard InChI is InChI=1S/C11H18O2/c1-4-7-8-9-11(5-2,6-3)10(12)13/h5-6H,2-4,7-9H2,1H3,(H,12,13)/p-1. The normalized spacial score (nSPS) is 10.8. The maximum absolute atomic E-state index is 10.8. The number of rotatable bonds is 7. The van der Waals surface area contributed by atoms with E-state index >= 15 is 0 Å². The molecule has 0 aliphatic rings. The van der Waals surface area contributed by atoms with Gasteiger partial charge in [0.1, 0.15) is 0 Å². The molecule has 13 heavy (non-hydrogen) atoms. The Kier molecular flexibility index (Phi) is 5.12. The Morgan fingerprint density at radius 2 is 1.92 bits per heavy atom. The lowest BCUT2D eigenvalue weighted by Gasteiger charge is -2.27. The highest BCUT2D eigenvalue weighted by atomic mass is 16.4. The lowest BCUT2D eigenvalue weighted by atomic mass is 9.83. The number of carbonyl (C=O) groups excluding carboxylic acids is 1. The number of hydrogen-bond donors (Lipinski definition) is 0. The third-order valence-electron chi connectivity index (χ3n) is 2.30. The molecule has 0 rings (SSSR count). The van der Waals surface area contributed by atoms with Crippen molar-refractivity contribution in [3.63, 3.8) is 0 Å². The van der Waals surface area contributed by atoms with E-state index in [0.29, 0.717) is 6.42 Å². The summed E-state index contributed by atoms with van der Waals surface area (Å²) >= 11 is 0. The Morgan fingerprint density at radius 1 is 1.38 bits per heavy atom. The molecule has 2 heteroatoms. The first-order valence-corrected chi connectivity index (χ1v) is 4.61. The summed E-state index contributed by atoms with van der Waals surface area (Å²) in [5.41, 5.74) is -1.03. The molecule has 0 saturated carbocycles. The second kappa shape index (κ2) is 5.57. The van der Waals surface area contributed by atoms with Gasteiger partial charge in [0.25, 0.3) is 0 Å². The van der Waals surface area contributed by atoms with Gasteiger partial charge in [-0.1, -0.05) is 38.3 Å². The summed E-state index contributed by atoms with van der Waals surface area (Å²) in [5.74, 6) is -1.10. The van der Waals surface area contributed by atoms with Crippen LogP contribution in [-0.4, -0.2) is 5.97 Å². The minimum atomic E-state index is -1.10. The van der Waals surface area contributed by atoms with E-state index in [4.69, 9.17) is 0 Å². The summed E-state index contributed by atoms with van der Waals surface area (Å²) in [6.07, 6.45) is 6.31. The molecule has 0 spiro atoms. The molecule has 0 heterocycles. The number of carboxylic acids is 1. The van der Waals surface area contributed by atoms with Crippen molar-refractivity contribution in [3.8, 4) is 0 Å². The van der Waals surface area contributed by atoms with E-state index in [-0.39, 0.29) is 0 Å². The summed E-state index contributed by atoms with van der Waals surface area (Å²) in [7, 11) is 0. The van der Waals surface area contributed by atoms with Crippen molar-refractivity contribution in [1.82, 2.24) is 0 Å². The Morgan fingerprint density at radius 3 is 2.23 bits per heavy atom. The van der Waals surface area contributed by atoms with Crippen molar-refractivity contribution in [3.05, 3.63) is 25.3 Å². The van der Waals surface area contributed by atoms with Crippen LogP contribution in [0.5, 0.6) is 0 Å². The van der Waals surface area contributed by atoms with Crippen LogP contribution >= 0.6 is 0 Å². The molecular formula is C11H17O2-. The van der Waals surface area contributed by atoms with E-state index in [9.17, 15) is 9.90 Å². The van der Waals surface area contributed by atoms with Gasteiger partial charge in [0.2, 0.25) is 0 Å². The van der Waals surface area contributed by atoms with Crippen LogP contribution < -0.4 is 5.11 Å². The van der Waals surface area contributed by atoms with Gasteiger partial charge in [0, 0.05) is 5.41 Å². The third kappa shape index (κ3) is 3.05. The second-order valence-corrected chi connectivity index (χ2v) is 3.19. The first-order chi connectivity index (χ1) is 6.13. The average molecular weight is 181 g/mol. The van der Waals surface area contributed by atoms with Crippen LogP contribution in [0.25, 0.3) is 0 Å². The van der Waals surface area contributed by atoms with Crippen LogP contribution in [-0.2, 0) is 4.79 Å². The van der Waals surface area contributed by atoms with Gasteiger partial charge in [0.05, 0.1) is 5.97 Å². The summed E-state index contributed by atoms with van der Waals surface area (Å²) < 4.78 is 0. The lowest BCUT2D eigenvalue weighted by Crippen LogP contribution is -2.39. The van der Waals surface area contributed by atoms with E-state index in [0.717, 1.165) is 19.3 Å². The maximum Gasteiger partial charge on any atom is 0.0552 e. The number of carboxylic acid groups (broad SMARTS) is 1. The largest absolute Gasteiger partial charge is 0.549 e. The second-order valence-electron chi connectivity index (χ2n) is 3.19. The minimum Gasteiger partial charge on any atom is -0.549 e. The SMILES string of the molecule is C=CC(C=C)(CCCCC)C(=O)[O-]. The zero-order valence-corrected chi connectivity index (χ0v) is 8.21. The van der Waals surface area contributed by atoms with Crippen LogP contribution in [0.3, 0.4) is 0 Å². The molecule has 0 amide bonds. The smallest absolute Gasteiger partial charge is 0.0552 e. The van der Waals surface area contributed by atoms with Gasteiger partial charge in [-0.05, 0) is 6.42 Å². The van der Waals surface area contributed by atoms with Gasteiger partial charge in [-0.15, -0.1) is 13.2 Å². The van der Waals surface area contributed by atoms with Crippen molar-refractivity contribution in [1.29, 1.82) is 0 Å². The lowest BCUT2D eigenvalue weighted by molar-refractivity contribution is -0.314. The fourth-order valence-electron chi connectivity index (χ4n) is 1.22. The van der Waals surface area contributed by atoms with Gasteiger partial charge in [0.15, 0.2) is 0 Å².